The number of amides is 2. The standard InChI is InChI=1S/C23H25N3O2S/c1-3-20(18-7-5-4-6-8-18)22(28)26-23-25-21(15-29-23)19-11-9-17(10-12-19)13-14-24-16(2)27/h4-12,15,20H,3,13-14H2,1-2H3,(H,24,27)(H,25,26,28)/t20-/m1/s1. The van der Waals surface area contributed by atoms with Gasteiger partial charge in [-0.05, 0) is 24.0 Å². The molecule has 0 bridgehead atoms. The second-order valence-electron chi connectivity index (χ2n) is 6.83. The maximum Gasteiger partial charge on any atom is 0.233 e. The lowest BCUT2D eigenvalue weighted by Gasteiger charge is -2.14. The van der Waals surface area contributed by atoms with Crippen LogP contribution in [0.25, 0.3) is 11.3 Å². The van der Waals surface area contributed by atoms with Crippen LogP contribution in [0.5, 0.6) is 0 Å². The monoisotopic (exact) mass is 407 g/mol. The Bertz CT molecular complexity index is 952. The molecule has 1 atom stereocenters. The number of aromatic nitrogens is 1. The third-order valence-corrected chi connectivity index (χ3v) is 5.46. The van der Waals surface area contributed by atoms with Crippen molar-refractivity contribution >= 4 is 28.3 Å². The first kappa shape index (κ1) is 20.7. The highest BCUT2D eigenvalue weighted by Gasteiger charge is 2.19. The van der Waals surface area contributed by atoms with Crippen molar-refractivity contribution in [3.8, 4) is 11.3 Å². The summed E-state index contributed by atoms with van der Waals surface area (Å²) < 4.78 is 0. The highest BCUT2D eigenvalue weighted by molar-refractivity contribution is 7.14. The fourth-order valence-electron chi connectivity index (χ4n) is 3.14. The molecule has 29 heavy (non-hydrogen) atoms. The second kappa shape index (κ2) is 9.98. The molecule has 3 aromatic rings. The third-order valence-electron chi connectivity index (χ3n) is 4.70. The molecule has 0 saturated heterocycles. The van der Waals surface area contributed by atoms with Gasteiger partial charge in [0.2, 0.25) is 11.8 Å². The normalized spacial score (nSPS) is 11.7. The van der Waals surface area contributed by atoms with Gasteiger partial charge in [0.15, 0.2) is 5.13 Å². The summed E-state index contributed by atoms with van der Waals surface area (Å²) in [5.41, 5.74) is 4.01. The molecule has 1 aromatic heterocycles. The van der Waals surface area contributed by atoms with Gasteiger partial charge >= 0.3 is 0 Å². The molecule has 2 N–H and O–H groups in total. The Morgan fingerprint density at radius 2 is 1.79 bits per heavy atom. The van der Waals surface area contributed by atoms with E-state index in [1.807, 2.05) is 66.9 Å². The summed E-state index contributed by atoms with van der Waals surface area (Å²) in [6.45, 7) is 4.16. The molecule has 0 aliphatic heterocycles. The molecule has 2 aromatic carbocycles. The molecular formula is C23H25N3O2S. The Hall–Kier alpha value is -2.99. The molecule has 150 valence electrons. The Balaban J connectivity index is 1.63. The molecule has 0 unspecified atom stereocenters. The number of rotatable bonds is 8. The molecule has 3 rings (SSSR count). The predicted octanol–water partition coefficient (Wildman–Crippen LogP) is 4.62. The van der Waals surface area contributed by atoms with Crippen LogP contribution < -0.4 is 10.6 Å². The zero-order chi connectivity index (χ0) is 20.6. The van der Waals surface area contributed by atoms with Crippen molar-refractivity contribution in [1.29, 1.82) is 0 Å². The maximum atomic E-state index is 12.7. The van der Waals surface area contributed by atoms with Gasteiger partial charge in [0, 0.05) is 24.4 Å². The minimum Gasteiger partial charge on any atom is -0.356 e. The molecular weight excluding hydrogens is 382 g/mol. The zero-order valence-corrected chi connectivity index (χ0v) is 17.5. The minimum atomic E-state index is -0.188. The molecule has 0 saturated carbocycles. The molecule has 0 fully saturated rings. The fourth-order valence-corrected chi connectivity index (χ4v) is 3.86. The van der Waals surface area contributed by atoms with E-state index in [4.69, 9.17) is 0 Å². The summed E-state index contributed by atoms with van der Waals surface area (Å²) in [6, 6.07) is 17.9. The van der Waals surface area contributed by atoms with E-state index >= 15 is 0 Å². The van der Waals surface area contributed by atoms with Crippen LogP contribution in [-0.4, -0.2) is 23.3 Å². The van der Waals surface area contributed by atoms with Crippen molar-refractivity contribution in [2.45, 2.75) is 32.6 Å². The first-order valence-corrected chi connectivity index (χ1v) is 10.6. The highest BCUT2D eigenvalue weighted by atomic mass is 32.1. The van der Waals surface area contributed by atoms with Crippen LogP contribution in [0.4, 0.5) is 5.13 Å². The summed E-state index contributed by atoms with van der Waals surface area (Å²) in [5.74, 6) is -0.240. The molecule has 6 heteroatoms. The number of hydrogen-bond acceptors (Lipinski definition) is 4. The first-order chi connectivity index (χ1) is 14.1. The van der Waals surface area contributed by atoms with Crippen molar-refractivity contribution < 1.29 is 9.59 Å². The van der Waals surface area contributed by atoms with Crippen molar-refractivity contribution in [1.82, 2.24) is 10.3 Å². The summed E-state index contributed by atoms with van der Waals surface area (Å²) >= 11 is 1.43. The van der Waals surface area contributed by atoms with Crippen LogP contribution in [0.2, 0.25) is 0 Å². The van der Waals surface area contributed by atoms with Crippen molar-refractivity contribution in [2.75, 3.05) is 11.9 Å². The van der Waals surface area contributed by atoms with E-state index in [1.54, 1.807) is 0 Å². The summed E-state index contributed by atoms with van der Waals surface area (Å²) in [7, 11) is 0. The summed E-state index contributed by atoms with van der Waals surface area (Å²) in [5, 5.41) is 8.31. The Morgan fingerprint density at radius 1 is 1.07 bits per heavy atom. The van der Waals surface area contributed by atoms with E-state index in [9.17, 15) is 9.59 Å². The molecule has 0 radical (unpaired) electrons. The minimum absolute atomic E-state index is 0.0174. The van der Waals surface area contributed by atoms with E-state index < -0.39 is 0 Å². The number of benzene rings is 2. The number of hydrogen-bond donors (Lipinski definition) is 2. The number of thiazole rings is 1. The first-order valence-electron chi connectivity index (χ1n) is 9.72. The third kappa shape index (κ3) is 5.74. The van der Waals surface area contributed by atoms with Gasteiger partial charge in [-0.2, -0.15) is 0 Å². The van der Waals surface area contributed by atoms with E-state index in [2.05, 4.69) is 15.6 Å². The van der Waals surface area contributed by atoms with Crippen molar-refractivity contribution in [3.63, 3.8) is 0 Å². The van der Waals surface area contributed by atoms with E-state index in [-0.39, 0.29) is 17.7 Å². The lowest BCUT2D eigenvalue weighted by molar-refractivity contribution is -0.119. The van der Waals surface area contributed by atoms with Crippen LogP contribution in [0.3, 0.4) is 0 Å². The number of nitrogens with zero attached hydrogens (tertiary/aromatic N) is 1. The van der Waals surface area contributed by atoms with E-state index in [1.165, 1.54) is 18.3 Å². The number of anilines is 1. The van der Waals surface area contributed by atoms with Crippen LogP contribution in [0, 0.1) is 0 Å². The summed E-state index contributed by atoms with van der Waals surface area (Å²) in [4.78, 5) is 28.2. The largest absolute Gasteiger partial charge is 0.356 e. The van der Waals surface area contributed by atoms with Crippen molar-refractivity contribution in [2.24, 2.45) is 0 Å². The smallest absolute Gasteiger partial charge is 0.233 e. The maximum absolute atomic E-state index is 12.7. The van der Waals surface area contributed by atoms with Gasteiger partial charge in [0.25, 0.3) is 0 Å². The van der Waals surface area contributed by atoms with Gasteiger partial charge in [-0.3, -0.25) is 9.59 Å². The second-order valence-corrected chi connectivity index (χ2v) is 7.69. The number of carbonyl (C=O) groups excluding carboxylic acids is 2. The fraction of sp³-hybridized carbons (Fsp3) is 0.261. The Morgan fingerprint density at radius 3 is 2.45 bits per heavy atom. The van der Waals surface area contributed by atoms with Gasteiger partial charge in [-0.15, -0.1) is 11.3 Å². The number of carbonyl (C=O) groups is 2. The predicted molar refractivity (Wildman–Crippen MR) is 118 cm³/mol. The van der Waals surface area contributed by atoms with Crippen molar-refractivity contribution in [3.05, 3.63) is 71.1 Å². The molecule has 0 aliphatic rings. The lowest BCUT2D eigenvalue weighted by Crippen LogP contribution is -2.22. The SMILES string of the molecule is CC[C@@H](C(=O)Nc1nc(-c2ccc(CCNC(C)=O)cc2)cs1)c1ccccc1. The molecule has 5 nitrogen and oxygen atoms in total. The van der Waals surface area contributed by atoms with Crippen LogP contribution >= 0.6 is 11.3 Å². The highest BCUT2D eigenvalue weighted by Crippen LogP contribution is 2.27. The van der Waals surface area contributed by atoms with Crippen LogP contribution in [0.15, 0.2) is 60.0 Å². The average Bonchev–Trinajstić information content (AvgIpc) is 3.18. The lowest BCUT2D eigenvalue weighted by atomic mass is 9.96. The molecule has 0 aliphatic carbocycles. The average molecular weight is 408 g/mol. The topological polar surface area (TPSA) is 71.1 Å². The van der Waals surface area contributed by atoms with E-state index in [0.29, 0.717) is 11.7 Å². The zero-order valence-electron chi connectivity index (χ0n) is 16.6. The van der Waals surface area contributed by atoms with Crippen LogP contribution in [0.1, 0.15) is 37.3 Å². The Kier molecular flexibility index (Phi) is 7.14. The Labute approximate surface area is 175 Å². The quantitative estimate of drug-likeness (QED) is 0.572. The van der Waals surface area contributed by atoms with Gasteiger partial charge in [0.1, 0.15) is 0 Å². The molecule has 2 amide bonds. The van der Waals surface area contributed by atoms with Gasteiger partial charge in [0.05, 0.1) is 11.6 Å². The number of nitrogens with one attached hydrogen (secondary N) is 2. The van der Waals surface area contributed by atoms with Gasteiger partial charge in [-0.1, -0.05) is 61.5 Å². The molecule has 0 spiro atoms. The van der Waals surface area contributed by atoms with Crippen LogP contribution in [-0.2, 0) is 16.0 Å². The van der Waals surface area contributed by atoms with E-state index in [0.717, 1.165) is 35.2 Å². The summed E-state index contributed by atoms with van der Waals surface area (Å²) in [6.07, 6.45) is 1.52. The van der Waals surface area contributed by atoms with Gasteiger partial charge in [-0.25, -0.2) is 4.98 Å². The van der Waals surface area contributed by atoms with Gasteiger partial charge < -0.3 is 10.6 Å². The molecule has 1 heterocycles.